The van der Waals surface area contributed by atoms with Crippen LogP contribution >= 0.6 is 24.0 Å². The van der Waals surface area contributed by atoms with Crippen molar-refractivity contribution in [2.75, 3.05) is 79.7 Å². The second-order valence-electron chi connectivity index (χ2n) is 6.79. The second-order valence-corrected chi connectivity index (χ2v) is 6.79. The Kier molecular flexibility index (Phi) is 11.2. The molecule has 1 atom stereocenters. The van der Waals surface area contributed by atoms with E-state index in [0.29, 0.717) is 5.92 Å². The summed E-state index contributed by atoms with van der Waals surface area (Å²) in [6, 6.07) is 0. The van der Waals surface area contributed by atoms with E-state index < -0.39 is 0 Å². The van der Waals surface area contributed by atoms with Crippen LogP contribution in [0.4, 0.5) is 0 Å². The highest BCUT2D eigenvalue weighted by atomic mass is 127. The van der Waals surface area contributed by atoms with Gasteiger partial charge in [-0.15, -0.1) is 24.0 Å². The molecule has 1 unspecified atom stereocenters. The first-order valence-corrected chi connectivity index (χ1v) is 9.16. The Bertz CT molecular complexity index is 369. The lowest BCUT2D eigenvalue weighted by Crippen LogP contribution is -2.41. The van der Waals surface area contributed by atoms with Crippen LogP contribution in [0.2, 0.25) is 0 Å². The topological polar surface area (TPSA) is 43.3 Å². The van der Waals surface area contributed by atoms with Crippen LogP contribution in [0.25, 0.3) is 0 Å². The van der Waals surface area contributed by atoms with Crippen molar-refractivity contribution in [1.82, 2.24) is 20.0 Å². The van der Waals surface area contributed by atoms with Gasteiger partial charge in [0.05, 0.1) is 13.2 Å². The molecule has 0 aliphatic carbocycles. The van der Waals surface area contributed by atoms with Gasteiger partial charge in [-0.25, -0.2) is 0 Å². The molecule has 0 amide bonds. The average molecular weight is 453 g/mol. The molecule has 0 aromatic carbocycles. The van der Waals surface area contributed by atoms with Gasteiger partial charge in [-0.2, -0.15) is 0 Å². The van der Waals surface area contributed by atoms with Gasteiger partial charge in [0.15, 0.2) is 5.96 Å². The van der Waals surface area contributed by atoms with Crippen LogP contribution in [0.5, 0.6) is 0 Å². The number of likely N-dealkylation sites (N-methyl/N-ethyl adjacent to an activating group) is 1. The van der Waals surface area contributed by atoms with Crippen LogP contribution < -0.4 is 5.32 Å². The van der Waals surface area contributed by atoms with Gasteiger partial charge in [-0.3, -0.25) is 4.99 Å². The number of methoxy groups -OCH3 is 1. The number of nitrogens with zero attached hydrogens (tertiary/aromatic N) is 4. The number of nitrogens with one attached hydrogen (secondary N) is 1. The third kappa shape index (κ3) is 7.41. The van der Waals surface area contributed by atoms with E-state index in [2.05, 4.69) is 34.0 Å². The molecule has 24 heavy (non-hydrogen) atoms. The molecule has 0 bridgehead atoms. The zero-order valence-corrected chi connectivity index (χ0v) is 18.0. The summed E-state index contributed by atoms with van der Waals surface area (Å²) >= 11 is 0. The molecular formula is C17H36IN5O. The van der Waals surface area contributed by atoms with Crippen molar-refractivity contribution in [3.8, 4) is 0 Å². The molecule has 2 saturated heterocycles. The Balaban J connectivity index is 0.00000288. The van der Waals surface area contributed by atoms with Gasteiger partial charge in [0.1, 0.15) is 0 Å². The van der Waals surface area contributed by atoms with Crippen LogP contribution in [0.15, 0.2) is 4.99 Å². The molecule has 7 heteroatoms. The minimum atomic E-state index is 0. The quantitative estimate of drug-likeness (QED) is 0.372. The summed E-state index contributed by atoms with van der Waals surface area (Å²) in [4.78, 5) is 12.2. The Labute approximate surface area is 165 Å². The molecule has 2 fully saturated rings. The Hall–Kier alpha value is -0.120. The highest BCUT2D eigenvalue weighted by Crippen LogP contribution is 2.16. The lowest BCUT2D eigenvalue weighted by atomic mass is 10.1. The van der Waals surface area contributed by atoms with Crippen molar-refractivity contribution < 1.29 is 4.74 Å². The molecule has 0 saturated carbocycles. The maximum atomic E-state index is 5.30. The summed E-state index contributed by atoms with van der Waals surface area (Å²) in [7, 11) is 4.01. The summed E-state index contributed by atoms with van der Waals surface area (Å²) in [5.41, 5.74) is 0. The van der Waals surface area contributed by atoms with E-state index in [1.54, 1.807) is 7.11 Å². The predicted molar refractivity (Wildman–Crippen MR) is 112 cm³/mol. The fraction of sp³-hybridized carbons (Fsp3) is 0.941. The summed E-state index contributed by atoms with van der Waals surface area (Å²) in [6.07, 6.45) is 2.47. The maximum Gasteiger partial charge on any atom is 0.193 e. The van der Waals surface area contributed by atoms with Crippen LogP contribution in [0.3, 0.4) is 0 Å². The van der Waals surface area contributed by atoms with Crippen molar-refractivity contribution in [3.05, 3.63) is 0 Å². The van der Waals surface area contributed by atoms with Gasteiger partial charge in [0.2, 0.25) is 0 Å². The molecule has 2 aliphatic heterocycles. The summed E-state index contributed by atoms with van der Waals surface area (Å²) < 4.78 is 5.30. The van der Waals surface area contributed by atoms with E-state index in [9.17, 15) is 0 Å². The summed E-state index contributed by atoms with van der Waals surface area (Å²) in [6.45, 7) is 12.8. The highest BCUT2D eigenvalue weighted by Gasteiger charge is 2.24. The number of hydrogen-bond acceptors (Lipinski definition) is 4. The lowest BCUT2D eigenvalue weighted by Gasteiger charge is -2.23. The molecule has 2 aliphatic rings. The minimum Gasteiger partial charge on any atom is -0.384 e. The van der Waals surface area contributed by atoms with E-state index in [0.717, 1.165) is 45.3 Å². The molecule has 0 radical (unpaired) electrons. The Morgan fingerprint density at radius 1 is 1.21 bits per heavy atom. The van der Waals surface area contributed by atoms with E-state index in [4.69, 9.17) is 9.73 Å². The van der Waals surface area contributed by atoms with Crippen LogP contribution in [-0.4, -0.2) is 100 Å². The van der Waals surface area contributed by atoms with E-state index >= 15 is 0 Å². The number of ether oxygens (including phenoxy) is 1. The van der Waals surface area contributed by atoms with Gasteiger partial charge in [-0.05, 0) is 39.9 Å². The van der Waals surface area contributed by atoms with Crippen molar-refractivity contribution in [2.45, 2.75) is 19.8 Å². The van der Waals surface area contributed by atoms with Crippen LogP contribution in [-0.2, 0) is 4.74 Å². The van der Waals surface area contributed by atoms with E-state index in [-0.39, 0.29) is 24.0 Å². The molecule has 6 nitrogen and oxygen atoms in total. The molecule has 2 heterocycles. The summed E-state index contributed by atoms with van der Waals surface area (Å²) in [5.74, 6) is 1.73. The fourth-order valence-electron chi connectivity index (χ4n) is 3.44. The Morgan fingerprint density at radius 2 is 2.04 bits per heavy atom. The number of guanidine groups is 1. The molecule has 1 N–H and O–H groups in total. The molecular weight excluding hydrogens is 417 g/mol. The number of halogens is 1. The molecule has 0 aromatic heterocycles. The van der Waals surface area contributed by atoms with E-state index in [1.807, 2.05) is 0 Å². The largest absolute Gasteiger partial charge is 0.384 e. The first-order chi connectivity index (χ1) is 11.2. The van der Waals surface area contributed by atoms with Crippen molar-refractivity contribution in [3.63, 3.8) is 0 Å². The third-order valence-corrected chi connectivity index (χ3v) is 4.81. The number of rotatable bonds is 6. The first kappa shape index (κ1) is 21.9. The minimum absolute atomic E-state index is 0. The number of aliphatic imine (C=N–C) groups is 1. The number of likely N-dealkylation sites (tertiary alicyclic amines) is 1. The van der Waals surface area contributed by atoms with Crippen LogP contribution in [0, 0.1) is 5.92 Å². The second kappa shape index (κ2) is 12.3. The predicted octanol–water partition coefficient (Wildman–Crippen LogP) is 1.18. The average Bonchev–Trinajstić information content (AvgIpc) is 2.90. The van der Waals surface area contributed by atoms with Gasteiger partial charge in [-0.1, -0.05) is 0 Å². The van der Waals surface area contributed by atoms with Crippen molar-refractivity contribution in [2.24, 2.45) is 10.9 Å². The normalized spacial score (nSPS) is 23.9. The van der Waals surface area contributed by atoms with Crippen molar-refractivity contribution >= 4 is 29.9 Å². The SMILES string of the molecule is CCNC(=NCCN1CCCN(C)CC1)N1CCC(COC)C1.I. The molecule has 0 aromatic rings. The Morgan fingerprint density at radius 3 is 2.79 bits per heavy atom. The molecule has 2 rings (SSSR count). The van der Waals surface area contributed by atoms with Crippen molar-refractivity contribution in [1.29, 1.82) is 0 Å². The van der Waals surface area contributed by atoms with Gasteiger partial charge in [0.25, 0.3) is 0 Å². The highest BCUT2D eigenvalue weighted by molar-refractivity contribution is 14.0. The van der Waals surface area contributed by atoms with Gasteiger partial charge >= 0.3 is 0 Å². The zero-order valence-electron chi connectivity index (χ0n) is 15.7. The maximum absolute atomic E-state index is 5.30. The standard InChI is InChI=1S/C17H35N5O.HI/c1-4-18-17(22-10-6-16(14-22)15-23-3)19-7-11-21-9-5-8-20(2)12-13-21;/h16H,4-15H2,1-3H3,(H,18,19);1H. The third-order valence-electron chi connectivity index (χ3n) is 4.81. The lowest BCUT2D eigenvalue weighted by molar-refractivity contribution is 0.157. The first-order valence-electron chi connectivity index (χ1n) is 9.16. The monoisotopic (exact) mass is 453 g/mol. The van der Waals surface area contributed by atoms with Gasteiger partial charge < -0.3 is 24.8 Å². The smallest absolute Gasteiger partial charge is 0.193 e. The summed E-state index contributed by atoms with van der Waals surface area (Å²) in [5, 5.41) is 3.45. The molecule has 0 spiro atoms. The van der Waals surface area contributed by atoms with E-state index in [1.165, 1.54) is 39.0 Å². The van der Waals surface area contributed by atoms with Gasteiger partial charge in [0, 0.05) is 52.3 Å². The molecule has 142 valence electrons. The van der Waals surface area contributed by atoms with Crippen LogP contribution in [0.1, 0.15) is 19.8 Å². The zero-order chi connectivity index (χ0) is 16.5. The number of hydrogen-bond donors (Lipinski definition) is 1. The fourth-order valence-corrected chi connectivity index (χ4v) is 3.44.